The number of guanidine groups is 1. The Morgan fingerprint density at radius 2 is 1.91 bits per heavy atom. The molecule has 1 atom stereocenters. The summed E-state index contributed by atoms with van der Waals surface area (Å²) in [6.45, 7) is 5.05. The molecule has 2 heterocycles. The van der Waals surface area contributed by atoms with Crippen LogP contribution in [0.15, 0.2) is 23.3 Å². The molecule has 7 nitrogen and oxygen atoms in total. The van der Waals surface area contributed by atoms with E-state index in [1.807, 2.05) is 18.3 Å². The molecule has 176 valence electrons. The number of ether oxygens (including phenoxy) is 1. The van der Waals surface area contributed by atoms with Gasteiger partial charge in [0, 0.05) is 43.9 Å². The van der Waals surface area contributed by atoms with Crippen molar-refractivity contribution < 1.29 is 9.53 Å². The summed E-state index contributed by atoms with van der Waals surface area (Å²) in [7, 11) is 0. The van der Waals surface area contributed by atoms with Crippen LogP contribution in [0.5, 0.6) is 5.88 Å². The van der Waals surface area contributed by atoms with Crippen molar-refractivity contribution in [1.29, 1.82) is 0 Å². The van der Waals surface area contributed by atoms with Gasteiger partial charge in [-0.2, -0.15) is 0 Å². The van der Waals surface area contributed by atoms with Gasteiger partial charge in [-0.3, -0.25) is 4.79 Å². The lowest BCUT2D eigenvalue weighted by Gasteiger charge is -2.26. The molecule has 0 spiro atoms. The highest BCUT2D eigenvalue weighted by molar-refractivity contribution is 5.81. The molecule has 0 bridgehead atoms. The molecule has 0 radical (unpaired) electrons. The molecule has 1 unspecified atom stereocenters. The molecule has 1 aromatic rings. The van der Waals surface area contributed by atoms with Gasteiger partial charge in [-0.25, -0.2) is 9.98 Å². The molecule has 3 fully saturated rings. The quantitative estimate of drug-likeness (QED) is 0.499. The summed E-state index contributed by atoms with van der Waals surface area (Å²) in [6, 6.07) is 4.25. The molecule has 1 saturated heterocycles. The van der Waals surface area contributed by atoms with E-state index >= 15 is 0 Å². The fraction of sp³-hybridized carbons (Fsp3) is 0.720. The van der Waals surface area contributed by atoms with Crippen LogP contribution in [0.1, 0.15) is 76.7 Å². The van der Waals surface area contributed by atoms with Crippen LogP contribution in [0.3, 0.4) is 0 Å². The normalized spacial score (nSPS) is 22.8. The van der Waals surface area contributed by atoms with Crippen molar-refractivity contribution in [3.63, 3.8) is 0 Å². The van der Waals surface area contributed by atoms with Crippen molar-refractivity contribution in [2.75, 3.05) is 19.6 Å². The maximum Gasteiger partial charge on any atom is 0.225 e. The highest BCUT2D eigenvalue weighted by atomic mass is 16.5. The average Bonchev–Trinajstić information content (AvgIpc) is 3.51. The first kappa shape index (κ1) is 22.9. The van der Waals surface area contributed by atoms with Crippen LogP contribution in [-0.4, -0.2) is 53.5 Å². The molecule has 2 saturated carbocycles. The second-order valence-electron chi connectivity index (χ2n) is 9.47. The Morgan fingerprint density at radius 3 is 2.62 bits per heavy atom. The Hall–Kier alpha value is -2.31. The van der Waals surface area contributed by atoms with Crippen LogP contribution in [-0.2, 0) is 11.3 Å². The molecular formula is C25H39N5O2. The van der Waals surface area contributed by atoms with Crippen LogP contribution in [0.2, 0.25) is 0 Å². The molecule has 2 N–H and O–H groups in total. The zero-order valence-electron chi connectivity index (χ0n) is 19.5. The Kier molecular flexibility index (Phi) is 8.24. The van der Waals surface area contributed by atoms with E-state index in [2.05, 4.69) is 27.4 Å². The van der Waals surface area contributed by atoms with Gasteiger partial charge in [0.25, 0.3) is 0 Å². The Balaban J connectivity index is 1.27. The first-order chi connectivity index (χ1) is 15.7. The van der Waals surface area contributed by atoms with Crippen LogP contribution in [0.25, 0.3) is 0 Å². The molecule has 1 amide bonds. The van der Waals surface area contributed by atoms with Gasteiger partial charge < -0.3 is 20.3 Å². The monoisotopic (exact) mass is 441 g/mol. The zero-order chi connectivity index (χ0) is 22.2. The second-order valence-corrected chi connectivity index (χ2v) is 9.47. The molecule has 0 aromatic carbocycles. The lowest BCUT2D eigenvalue weighted by molar-refractivity contribution is -0.135. The van der Waals surface area contributed by atoms with Crippen molar-refractivity contribution >= 4 is 11.9 Å². The number of rotatable bonds is 7. The average molecular weight is 442 g/mol. The molecule has 2 aliphatic carbocycles. The number of nitrogens with one attached hydrogen (secondary N) is 2. The number of nitrogens with zero attached hydrogens (tertiary/aromatic N) is 3. The highest BCUT2D eigenvalue weighted by Gasteiger charge is 2.31. The maximum absolute atomic E-state index is 12.8. The Morgan fingerprint density at radius 1 is 1.12 bits per heavy atom. The summed E-state index contributed by atoms with van der Waals surface area (Å²) < 4.78 is 5.95. The Labute approximate surface area is 192 Å². The lowest BCUT2D eigenvalue weighted by Crippen LogP contribution is -2.45. The first-order valence-corrected chi connectivity index (χ1v) is 12.7. The van der Waals surface area contributed by atoms with E-state index in [9.17, 15) is 4.79 Å². The summed E-state index contributed by atoms with van der Waals surface area (Å²) in [5.41, 5.74) is 1.06. The van der Waals surface area contributed by atoms with Crippen molar-refractivity contribution in [2.24, 2.45) is 10.9 Å². The SMILES string of the molecule is CCNC(=NCc1ccc(OC2CCCC2)nc1)NC1CCN(C(=O)C2CCCCC2)C1. The lowest BCUT2D eigenvalue weighted by atomic mass is 9.88. The standard InChI is InChI=1S/C25H39N5O2/c1-2-26-25(28-17-19-12-13-23(27-16-19)32-22-10-6-7-11-22)29-21-14-15-30(18-21)24(31)20-8-4-3-5-9-20/h12-13,16,20-22H,2-11,14-15,17-18H2,1H3,(H2,26,28,29). The maximum atomic E-state index is 12.8. The van der Waals surface area contributed by atoms with E-state index in [1.165, 1.54) is 32.1 Å². The first-order valence-electron chi connectivity index (χ1n) is 12.7. The number of likely N-dealkylation sites (tertiary alicyclic amines) is 1. The summed E-state index contributed by atoms with van der Waals surface area (Å²) in [5, 5.41) is 6.87. The predicted octanol–water partition coefficient (Wildman–Crippen LogP) is 3.64. The van der Waals surface area contributed by atoms with E-state index in [4.69, 9.17) is 9.73 Å². The minimum atomic E-state index is 0.248. The van der Waals surface area contributed by atoms with Crippen LogP contribution < -0.4 is 15.4 Å². The number of aromatic nitrogens is 1. The second kappa shape index (κ2) is 11.5. The number of hydrogen-bond acceptors (Lipinski definition) is 4. The largest absolute Gasteiger partial charge is 0.474 e. The molecule has 4 rings (SSSR count). The van der Waals surface area contributed by atoms with Crippen molar-refractivity contribution in [2.45, 2.75) is 89.8 Å². The van der Waals surface area contributed by atoms with Crippen LogP contribution >= 0.6 is 0 Å². The smallest absolute Gasteiger partial charge is 0.225 e. The fourth-order valence-corrected chi connectivity index (χ4v) is 5.12. The van der Waals surface area contributed by atoms with Crippen molar-refractivity contribution in [3.05, 3.63) is 23.9 Å². The minimum Gasteiger partial charge on any atom is -0.474 e. The third kappa shape index (κ3) is 6.36. The van der Waals surface area contributed by atoms with E-state index in [0.717, 1.165) is 63.3 Å². The predicted molar refractivity (Wildman–Crippen MR) is 127 cm³/mol. The summed E-state index contributed by atoms with van der Waals surface area (Å²) in [4.78, 5) is 24.1. The van der Waals surface area contributed by atoms with Gasteiger partial charge in [-0.1, -0.05) is 25.3 Å². The van der Waals surface area contributed by atoms with Gasteiger partial charge in [0.05, 0.1) is 6.54 Å². The molecule has 7 heteroatoms. The van der Waals surface area contributed by atoms with Crippen LogP contribution in [0.4, 0.5) is 0 Å². The topological polar surface area (TPSA) is 78.9 Å². The van der Waals surface area contributed by atoms with Crippen molar-refractivity contribution in [1.82, 2.24) is 20.5 Å². The number of pyridine rings is 1. The number of carbonyl (C=O) groups is 1. The number of carbonyl (C=O) groups excluding carboxylic acids is 1. The van der Waals surface area contributed by atoms with E-state index < -0.39 is 0 Å². The van der Waals surface area contributed by atoms with Gasteiger partial charge >= 0.3 is 0 Å². The van der Waals surface area contributed by atoms with E-state index in [1.54, 1.807) is 0 Å². The number of aliphatic imine (C=N–C) groups is 1. The van der Waals surface area contributed by atoms with Gasteiger partial charge in [0.1, 0.15) is 6.10 Å². The summed E-state index contributed by atoms with van der Waals surface area (Å²) >= 11 is 0. The zero-order valence-corrected chi connectivity index (χ0v) is 19.5. The minimum absolute atomic E-state index is 0.248. The molecule has 1 aliphatic heterocycles. The fourth-order valence-electron chi connectivity index (χ4n) is 5.12. The Bertz CT molecular complexity index is 754. The number of amides is 1. The van der Waals surface area contributed by atoms with E-state index in [0.29, 0.717) is 24.4 Å². The third-order valence-corrected chi connectivity index (χ3v) is 6.95. The van der Waals surface area contributed by atoms with Gasteiger partial charge in [-0.15, -0.1) is 0 Å². The molecule has 1 aromatic heterocycles. The number of hydrogen-bond donors (Lipinski definition) is 2. The summed E-state index contributed by atoms with van der Waals surface area (Å²) in [6.07, 6.45) is 13.7. The molecule has 3 aliphatic rings. The van der Waals surface area contributed by atoms with Gasteiger partial charge in [-0.05, 0) is 57.4 Å². The van der Waals surface area contributed by atoms with Crippen LogP contribution in [0, 0.1) is 5.92 Å². The van der Waals surface area contributed by atoms with Gasteiger partial charge in [0.2, 0.25) is 11.8 Å². The highest BCUT2D eigenvalue weighted by Crippen LogP contribution is 2.27. The summed E-state index contributed by atoms with van der Waals surface area (Å²) in [5.74, 6) is 2.12. The third-order valence-electron chi connectivity index (χ3n) is 6.95. The molecule has 32 heavy (non-hydrogen) atoms. The van der Waals surface area contributed by atoms with E-state index in [-0.39, 0.29) is 12.0 Å². The molecular weight excluding hydrogens is 402 g/mol. The van der Waals surface area contributed by atoms with Gasteiger partial charge in [0.15, 0.2) is 5.96 Å². The van der Waals surface area contributed by atoms with Crippen molar-refractivity contribution in [3.8, 4) is 5.88 Å².